The summed E-state index contributed by atoms with van der Waals surface area (Å²) in [5.41, 5.74) is 2.53. The maximum Gasteiger partial charge on any atom is 0.0544 e. The van der Waals surface area contributed by atoms with Crippen LogP contribution in [0.4, 0.5) is 0 Å². The van der Waals surface area contributed by atoms with Crippen LogP contribution in [0.5, 0.6) is 0 Å². The van der Waals surface area contributed by atoms with Crippen LogP contribution in [0.15, 0.2) is 18.3 Å². The van der Waals surface area contributed by atoms with Gasteiger partial charge in [-0.05, 0) is 56.2 Å². The Kier molecular flexibility index (Phi) is 4.91. The van der Waals surface area contributed by atoms with E-state index in [0.717, 1.165) is 31.1 Å². The topological polar surface area (TPSA) is 28.2 Å². The molecule has 1 heterocycles. The molecule has 0 aliphatic heterocycles. The summed E-state index contributed by atoms with van der Waals surface area (Å²) in [7, 11) is 0. The summed E-state index contributed by atoms with van der Waals surface area (Å²) in [6.07, 6.45) is 8.79. The summed E-state index contributed by atoms with van der Waals surface area (Å²) < 4.78 is 0. The molecule has 3 heteroatoms. The molecule has 2 saturated carbocycles. The molecule has 1 N–H and O–H groups in total. The molecule has 0 saturated heterocycles. The predicted molar refractivity (Wildman–Crippen MR) is 87.0 cm³/mol. The molecule has 0 unspecified atom stereocenters. The van der Waals surface area contributed by atoms with E-state index in [0.29, 0.717) is 0 Å². The highest BCUT2D eigenvalue weighted by Gasteiger charge is 2.28. The second-order valence-corrected chi connectivity index (χ2v) is 7.20. The van der Waals surface area contributed by atoms with Crippen molar-refractivity contribution in [1.82, 2.24) is 15.2 Å². The first-order valence-electron chi connectivity index (χ1n) is 8.62. The zero-order valence-corrected chi connectivity index (χ0v) is 13.5. The van der Waals surface area contributed by atoms with Crippen molar-refractivity contribution in [2.24, 2.45) is 5.92 Å². The molecule has 1 aromatic heterocycles. The van der Waals surface area contributed by atoms with Gasteiger partial charge in [-0.1, -0.05) is 19.9 Å². The number of aromatic nitrogens is 1. The summed E-state index contributed by atoms with van der Waals surface area (Å²) in [5.74, 6) is 0.787. The van der Waals surface area contributed by atoms with Gasteiger partial charge < -0.3 is 5.32 Å². The molecule has 0 spiro atoms. The summed E-state index contributed by atoms with van der Waals surface area (Å²) >= 11 is 0. The van der Waals surface area contributed by atoms with Crippen molar-refractivity contribution in [1.29, 1.82) is 0 Å². The normalized spacial score (nSPS) is 18.7. The Morgan fingerprint density at radius 1 is 1.24 bits per heavy atom. The molecule has 3 nitrogen and oxygen atoms in total. The lowest BCUT2D eigenvalue weighted by molar-refractivity contribution is 0.237. The average Bonchev–Trinajstić information content (AvgIpc) is 3.36. The molecule has 0 amide bonds. The van der Waals surface area contributed by atoms with Crippen LogP contribution in [0.2, 0.25) is 0 Å². The minimum absolute atomic E-state index is 0.770. The second kappa shape index (κ2) is 6.89. The SMILES string of the molecule is CC(C)CCN(Cc1ccc(CNC2CC2)cn1)C1CC1. The van der Waals surface area contributed by atoms with Gasteiger partial charge in [0.05, 0.1) is 5.69 Å². The molecule has 21 heavy (non-hydrogen) atoms. The number of hydrogen-bond donors (Lipinski definition) is 1. The van der Waals surface area contributed by atoms with Gasteiger partial charge in [-0.25, -0.2) is 0 Å². The fraction of sp³-hybridized carbons (Fsp3) is 0.722. The predicted octanol–water partition coefficient (Wildman–Crippen LogP) is 3.34. The van der Waals surface area contributed by atoms with Crippen molar-refractivity contribution in [2.45, 2.75) is 71.1 Å². The van der Waals surface area contributed by atoms with Crippen LogP contribution in [0.25, 0.3) is 0 Å². The van der Waals surface area contributed by atoms with Gasteiger partial charge in [0, 0.05) is 31.4 Å². The zero-order valence-electron chi connectivity index (χ0n) is 13.5. The Morgan fingerprint density at radius 3 is 2.62 bits per heavy atom. The van der Waals surface area contributed by atoms with Crippen LogP contribution >= 0.6 is 0 Å². The van der Waals surface area contributed by atoms with Crippen molar-refractivity contribution in [3.8, 4) is 0 Å². The lowest BCUT2D eigenvalue weighted by atomic mass is 10.1. The third-order valence-corrected chi connectivity index (χ3v) is 4.48. The fourth-order valence-corrected chi connectivity index (χ4v) is 2.67. The maximum absolute atomic E-state index is 4.67. The molecule has 0 radical (unpaired) electrons. The van der Waals surface area contributed by atoms with Crippen LogP contribution < -0.4 is 5.32 Å². The number of nitrogens with zero attached hydrogens (tertiary/aromatic N) is 2. The minimum Gasteiger partial charge on any atom is -0.310 e. The number of rotatable bonds is 9. The highest BCUT2D eigenvalue weighted by molar-refractivity contribution is 5.14. The third kappa shape index (κ3) is 5.08. The van der Waals surface area contributed by atoms with Crippen LogP contribution in [-0.2, 0) is 13.1 Å². The first-order chi connectivity index (χ1) is 10.2. The van der Waals surface area contributed by atoms with Gasteiger partial charge in [-0.15, -0.1) is 0 Å². The summed E-state index contributed by atoms with van der Waals surface area (Å²) in [5, 5.41) is 3.54. The summed E-state index contributed by atoms with van der Waals surface area (Å²) in [6, 6.07) is 6.05. The minimum atomic E-state index is 0.770. The van der Waals surface area contributed by atoms with E-state index < -0.39 is 0 Å². The van der Waals surface area contributed by atoms with Gasteiger partial charge in [0.2, 0.25) is 0 Å². The van der Waals surface area contributed by atoms with Gasteiger partial charge >= 0.3 is 0 Å². The van der Waals surface area contributed by atoms with Crippen molar-refractivity contribution >= 4 is 0 Å². The van der Waals surface area contributed by atoms with Crippen LogP contribution in [-0.4, -0.2) is 28.5 Å². The van der Waals surface area contributed by atoms with Crippen LogP contribution in [0.1, 0.15) is 57.2 Å². The van der Waals surface area contributed by atoms with Gasteiger partial charge in [-0.2, -0.15) is 0 Å². The van der Waals surface area contributed by atoms with E-state index in [4.69, 9.17) is 0 Å². The largest absolute Gasteiger partial charge is 0.310 e. The van der Waals surface area contributed by atoms with E-state index in [2.05, 4.69) is 47.4 Å². The van der Waals surface area contributed by atoms with Crippen molar-refractivity contribution < 1.29 is 0 Å². The number of nitrogens with one attached hydrogen (secondary N) is 1. The van der Waals surface area contributed by atoms with E-state index in [1.807, 2.05) is 0 Å². The van der Waals surface area contributed by atoms with E-state index >= 15 is 0 Å². The molecule has 116 valence electrons. The molecule has 0 atom stereocenters. The van der Waals surface area contributed by atoms with Crippen molar-refractivity contribution in [2.75, 3.05) is 6.54 Å². The molecule has 0 aromatic carbocycles. The molecule has 2 aliphatic rings. The molecule has 2 aliphatic carbocycles. The number of hydrogen-bond acceptors (Lipinski definition) is 3. The van der Waals surface area contributed by atoms with E-state index in [-0.39, 0.29) is 0 Å². The van der Waals surface area contributed by atoms with E-state index in [1.54, 1.807) is 0 Å². The first-order valence-corrected chi connectivity index (χ1v) is 8.62. The maximum atomic E-state index is 4.67. The Balaban J connectivity index is 1.49. The van der Waals surface area contributed by atoms with Gasteiger partial charge in [-0.3, -0.25) is 9.88 Å². The van der Waals surface area contributed by atoms with E-state index in [1.165, 1.54) is 49.9 Å². The third-order valence-electron chi connectivity index (χ3n) is 4.48. The monoisotopic (exact) mass is 287 g/mol. The fourth-order valence-electron chi connectivity index (χ4n) is 2.67. The standard InChI is InChI=1S/C18H29N3/c1-14(2)9-10-21(18-7-8-18)13-17-4-3-15(12-20-17)11-19-16-5-6-16/h3-4,12,14,16,18-19H,5-11,13H2,1-2H3. The van der Waals surface area contributed by atoms with Gasteiger partial charge in [0.1, 0.15) is 0 Å². The Labute approximate surface area is 129 Å². The van der Waals surface area contributed by atoms with Gasteiger partial charge in [0.15, 0.2) is 0 Å². The lowest BCUT2D eigenvalue weighted by Gasteiger charge is -2.22. The molecule has 3 rings (SSSR count). The van der Waals surface area contributed by atoms with Crippen molar-refractivity contribution in [3.05, 3.63) is 29.6 Å². The quantitative estimate of drug-likeness (QED) is 0.755. The van der Waals surface area contributed by atoms with E-state index in [9.17, 15) is 0 Å². The summed E-state index contributed by atoms with van der Waals surface area (Å²) in [6.45, 7) is 7.83. The lowest BCUT2D eigenvalue weighted by Crippen LogP contribution is -2.28. The highest BCUT2D eigenvalue weighted by atomic mass is 15.2. The Morgan fingerprint density at radius 2 is 2.05 bits per heavy atom. The Bertz CT molecular complexity index is 432. The summed E-state index contributed by atoms with van der Waals surface area (Å²) in [4.78, 5) is 7.30. The second-order valence-electron chi connectivity index (χ2n) is 7.20. The van der Waals surface area contributed by atoms with Gasteiger partial charge in [0.25, 0.3) is 0 Å². The van der Waals surface area contributed by atoms with Crippen molar-refractivity contribution in [3.63, 3.8) is 0 Å². The smallest absolute Gasteiger partial charge is 0.0544 e. The zero-order chi connectivity index (χ0) is 14.7. The highest BCUT2D eigenvalue weighted by Crippen LogP contribution is 2.28. The molecule has 0 bridgehead atoms. The first kappa shape index (κ1) is 15.0. The Hall–Kier alpha value is -0.930. The molecule has 1 aromatic rings. The average molecular weight is 287 g/mol. The van der Waals surface area contributed by atoms with Crippen LogP contribution in [0.3, 0.4) is 0 Å². The molecule has 2 fully saturated rings. The molecular weight excluding hydrogens is 258 g/mol. The molecular formula is C18H29N3. The number of pyridine rings is 1. The van der Waals surface area contributed by atoms with Crippen LogP contribution in [0, 0.1) is 5.92 Å².